The number of hydrogen-bond acceptors (Lipinski definition) is 3. The largest absolute Gasteiger partial charge is 0.378 e. The highest BCUT2D eigenvalue weighted by Crippen LogP contribution is 2.28. The molecule has 4 nitrogen and oxygen atoms in total. The van der Waals surface area contributed by atoms with Crippen molar-refractivity contribution in [2.75, 3.05) is 38.6 Å². The average Bonchev–Trinajstić information content (AvgIpc) is 2.95. The predicted molar refractivity (Wildman–Crippen MR) is 81.2 cm³/mol. The van der Waals surface area contributed by atoms with Crippen LogP contribution in [0.3, 0.4) is 0 Å². The van der Waals surface area contributed by atoms with E-state index in [0.29, 0.717) is 12.0 Å². The van der Waals surface area contributed by atoms with Crippen molar-refractivity contribution < 1.29 is 4.79 Å². The number of fused-ring (bicyclic) bond motifs is 1. The Morgan fingerprint density at radius 3 is 3.00 bits per heavy atom. The maximum atomic E-state index is 12.8. The van der Waals surface area contributed by atoms with E-state index < -0.39 is 0 Å². The Morgan fingerprint density at radius 1 is 1.35 bits per heavy atom. The molecule has 1 N–H and O–H groups in total. The lowest BCUT2D eigenvalue weighted by molar-refractivity contribution is 0.0575. The lowest BCUT2D eigenvalue weighted by Crippen LogP contribution is -2.48. The van der Waals surface area contributed by atoms with Crippen molar-refractivity contribution in [1.29, 1.82) is 0 Å². The van der Waals surface area contributed by atoms with Crippen LogP contribution < -0.4 is 10.2 Å². The van der Waals surface area contributed by atoms with Crippen LogP contribution in [0.4, 0.5) is 5.69 Å². The minimum absolute atomic E-state index is 0.187. The van der Waals surface area contributed by atoms with E-state index in [1.807, 2.05) is 43.3 Å². The number of nitrogens with one attached hydrogen (secondary N) is 1. The molecule has 0 radical (unpaired) electrons. The Labute approximate surface area is 120 Å². The smallest absolute Gasteiger partial charge is 0.254 e. The first-order valence-electron chi connectivity index (χ1n) is 7.46. The van der Waals surface area contributed by atoms with E-state index in [1.54, 1.807) is 0 Å². The van der Waals surface area contributed by atoms with Crippen LogP contribution in [0.15, 0.2) is 24.3 Å². The van der Waals surface area contributed by atoms with Crippen LogP contribution in [-0.2, 0) is 0 Å². The molecule has 1 aromatic carbocycles. The fourth-order valence-electron chi connectivity index (χ4n) is 3.40. The van der Waals surface area contributed by atoms with Crippen molar-refractivity contribution in [2.24, 2.45) is 5.92 Å². The highest BCUT2D eigenvalue weighted by molar-refractivity contribution is 5.95. The fraction of sp³-hybridized carbons (Fsp3) is 0.562. The third-order valence-corrected chi connectivity index (χ3v) is 4.55. The Kier molecular flexibility index (Phi) is 3.66. The van der Waals surface area contributed by atoms with Gasteiger partial charge in [-0.3, -0.25) is 4.79 Å². The third kappa shape index (κ3) is 2.40. The molecule has 0 spiro atoms. The monoisotopic (exact) mass is 273 g/mol. The molecule has 1 aromatic rings. The molecule has 4 heteroatoms. The van der Waals surface area contributed by atoms with Gasteiger partial charge in [-0.2, -0.15) is 0 Å². The molecule has 0 aliphatic carbocycles. The Morgan fingerprint density at radius 2 is 2.20 bits per heavy atom. The lowest BCUT2D eigenvalue weighted by atomic mass is 9.91. The number of amides is 1. The SMILES string of the molecule is CN(C)c1cccc(C(=O)N2CCCC3CNCC32)c1. The van der Waals surface area contributed by atoms with E-state index in [1.165, 1.54) is 6.42 Å². The first kappa shape index (κ1) is 13.4. The highest BCUT2D eigenvalue weighted by Gasteiger charge is 2.37. The van der Waals surface area contributed by atoms with Crippen LogP contribution in [0.2, 0.25) is 0 Å². The van der Waals surface area contributed by atoms with Gasteiger partial charge in [-0.25, -0.2) is 0 Å². The van der Waals surface area contributed by atoms with Crippen molar-refractivity contribution in [2.45, 2.75) is 18.9 Å². The van der Waals surface area contributed by atoms with Gasteiger partial charge in [0.05, 0.1) is 0 Å². The maximum Gasteiger partial charge on any atom is 0.254 e. The van der Waals surface area contributed by atoms with E-state index in [2.05, 4.69) is 10.2 Å². The van der Waals surface area contributed by atoms with Gasteiger partial charge in [-0.1, -0.05) is 6.07 Å². The number of anilines is 1. The second-order valence-electron chi connectivity index (χ2n) is 6.07. The molecule has 0 bridgehead atoms. The minimum atomic E-state index is 0.187. The van der Waals surface area contributed by atoms with E-state index in [0.717, 1.165) is 37.3 Å². The Balaban J connectivity index is 1.82. The molecule has 0 saturated carbocycles. The maximum absolute atomic E-state index is 12.8. The molecular weight excluding hydrogens is 250 g/mol. The first-order chi connectivity index (χ1) is 9.66. The van der Waals surface area contributed by atoms with Gasteiger partial charge in [-0.15, -0.1) is 0 Å². The van der Waals surface area contributed by atoms with E-state index in [4.69, 9.17) is 0 Å². The molecule has 2 heterocycles. The van der Waals surface area contributed by atoms with Gasteiger partial charge < -0.3 is 15.1 Å². The van der Waals surface area contributed by atoms with Crippen molar-refractivity contribution in [3.05, 3.63) is 29.8 Å². The van der Waals surface area contributed by atoms with Gasteiger partial charge in [0.2, 0.25) is 0 Å². The first-order valence-corrected chi connectivity index (χ1v) is 7.46. The second-order valence-corrected chi connectivity index (χ2v) is 6.07. The summed E-state index contributed by atoms with van der Waals surface area (Å²) >= 11 is 0. The van der Waals surface area contributed by atoms with Crippen LogP contribution in [-0.4, -0.2) is 50.6 Å². The van der Waals surface area contributed by atoms with E-state index >= 15 is 0 Å². The molecule has 2 unspecified atom stereocenters. The topological polar surface area (TPSA) is 35.6 Å². The summed E-state index contributed by atoms with van der Waals surface area (Å²) in [6.45, 7) is 2.91. The van der Waals surface area contributed by atoms with Gasteiger partial charge in [0, 0.05) is 51.0 Å². The predicted octanol–water partition coefficient (Wildman–Crippen LogP) is 1.58. The summed E-state index contributed by atoms with van der Waals surface area (Å²) in [5, 5.41) is 3.43. The van der Waals surface area contributed by atoms with Crippen molar-refractivity contribution in [3.63, 3.8) is 0 Å². The molecule has 0 aromatic heterocycles. The number of benzene rings is 1. The fourth-order valence-corrected chi connectivity index (χ4v) is 3.40. The molecule has 2 atom stereocenters. The van der Waals surface area contributed by atoms with Gasteiger partial charge in [0.15, 0.2) is 0 Å². The highest BCUT2D eigenvalue weighted by atomic mass is 16.2. The number of piperidine rings is 1. The van der Waals surface area contributed by atoms with Gasteiger partial charge in [0.25, 0.3) is 5.91 Å². The molecule has 2 fully saturated rings. The Hall–Kier alpha value is -1.55. The minimum Gasteiger partial charge on any atom is -0.378 e. The van der Waals surface area contributed by atoms with Gasteiger partial charge in [-0.05, 0) is 37.0 Å². The van der Waals surface area contributed by atoms with E-state index in [9.17, 15) is 4.79 Å². The third-order valence-electron chi connectivity index (χ3n) is 4.55. The molecule has 3 rings (SSSR count). The molecule has 1 amide bonds. The summed E-state index contributed by atoms with van der Waals surface area (Å²) in [5.74, 6) is 0.830. The summed E-state index contributed by atoms with van der Waals surface area (Å²) in [7, 11) is 4.00. The molecular formula is C16H23N3O. The number of carbonyl (C=O) groups excluding carboxylic acids is 1. The lowest BCUT2D eigenvalue weighted by Gasteiger charge is -2.37. The standard InChI is InChI=1S/C16H23N3O/c1-18(2)14-7-3-5-12(9-14)16(20)19-8-4-6-13-10-17-11-15(13)19/h3,5,7,9,13,15,17H,4,6,8,10-11H2,1-2H3. The number of carbonyl (C=O) groups is 1. The van der Waals surface area contributed by atoms with Crippen LogP contribution in [0.25, 0.3) is 0 Å². The van der Waals surface area contributed by atoms with Crippen LogP contribution in [0, 0.1) is 5.92 Å². The second kappa shape index (κ2) is 5.44. The summed E-state index contributed by atoms with van der Waals surface area (Å²) in [6, 6.07) is 8.32. The zero-order valence-corrected chi connectivity index (χ0v) is 12.3. The molecule has 2 aliphatic rings. The number of rotatable bonds is 2. The summed E-state index contributed by atoms with van der Waals surface area (Å²) < 4.78 is 0. The zero-order valence-electron chi connectivity index (χ0n) is 12.3. The van der Waals surface area contributed by atoms with Crippen molar-refractivity contribution in [3.8, 4) is 0 Å². The normalized spacial score (nSPS) is 25.4. The van der Waals surface area contributed by atoms with Gasteiger partial charge in [0.1, 0.15) is 0 Å². The summed E-state index contributed by atoms with van der Waals surface area (Å²) in [4.78, 5) is 16.9. The van der Waals surface area contributed by atoms with E-state index in [-0.39, 0.29) is 5.91 Å². The quantitative estimate of drug-likeness (QED) is 0.888. The molecule has 20 heavy (non-hydrogen) atoms. The number of nitrogens with zero attached hydrogens (tertiary/aromatic N) is 2. The Bertz CT molecular complexity index is 500. The van der Waals surface area contributed by atoms with Crippen LogP contribution in [0.5, 0.6) is 0 Å². The molecule has 2 aliphatic heterocycles. The average molecular weight is 273 g/mol. The molecule has 2 saturated heterocycles. The number of hydrogen-bond donors (Lipinski definition) is 1. The van der Waals surface area contributed by atoms with Crippen molar-refractivity contribution in [1.82, 2.24) is 10.2 Å². The zero-order chi connectivity index (χ0) is 14.1. The van der Waals surface area contributed by atoms with Crippen molar-refractivity contribution >= 4 is 11.6 Å². The summed E-state index contributed by atoms with van der Waals surface area (Å²) in [6.07, 6.45) is 2.38. The number of likely N-dealkylation sites (tertiary alicyclic amines) is 1. The van der Waals surface area contributed by atoms with Crippen LogP contribution in [0.1, 0.15) is 23.2 Å². The molecule has 108 valence electrons. The summed E-state index contributed by atoms with van der Waals surface area (Å²) in [5.41, 5.74) is 1.89. The van der Waals surface area contributed by atoms with Crippen LogP contribution >= 0.6 is 0 Å². The van der Waals surface area contributed by atoms with Gasteiger partial charge >= 0.3 is 0 Å².